The van der Waals surface area contributed by atoms with Crippen molar-refractivity contribution < 1.29 is 10.2 Å². The lowest BCUT2D eigenvalue weighted by Crippen LogP contribution is -2.23. The summed E-state index contributed by atoms with van der Waals surface area (Å²) in [5.74, 6) is 0.673. The number of hydrogen-bond acceptors (Lipinski definition) is 2. The molecule has 0 spiro atoms. The second-order valence-corrected chi connectivity index (χ2v) is 3.39. The van der Waals surface area contributed by atoms with Crippen LogP contribution in [0, 0.1) is 5.92 Å². The number of hydrogen-bond donors (Lipinski definition) is 2. The van der Waals surface area contributed by atoms with Crippen LogP contribution >= 0.6 is 0 Å². The van der Waals surface area contributed by atoms with Crippen LogP contribution in [0.15, 0.2) is 0 Å². The smallest absolute Gasteiger partial charge is 0.0799 e. The maximum absolute atomic E-state index is 9.23. The third-order valence-electron chi connectivity index (χ3n) is 2.35. The van der Waals surface area contributed by atoms with Gasteiger partial charge in [0.05, 0.1) is 12.2 Å². The van der Waals surface area contributed by atoms with Gasteiger partial charge in [-0.2, -0.15) is 0 Å². The third kappa shape index (κ3) is 1.96. The first-order valence-electron chi connectivity index (χ1n) is 4.06. The Balaban J connectivity index is 2.38. The van der Waals surface area contributed by atoms with Gasteiger partial charge in [0.25, 0.3) is 0 Å². The summed E-state index contributed by atoms with van der Waals surface area (Å²) >= 11 is 0. The first-order chi connectivity index (χ1) is 4.70. The predicted octanol–water partition coefficient (Wildman–Crippen LogP) is 0.918. The Morgan fingerprint density at radius 3 is 1.70 bits per heavy atom. The Morgan fingerprint density at radius 1 is 0.900 bits per heavy atom. The zero-order valence-corrected chi connectivity index (χ0v) is 6.45. The summed E-state index contributed by atoms with van der Waals surface area (Å²) in [6.45, 7) is 2.17. The van der Waals surface area contributed by atoms with E-state index in [2.05, 4.69) is 6.92 Å². The Kier molecular flexibility index (Phi) is 2.69. The summed E-state index contributed by atoms with van der Waals surface area (Å²) in [7, 11) is 0. The SMILES string of the molecule is C[C@H]1CC[C@@H](O)[C@@H](O)CC1. The molecule has 3 atom stereocenters. The highest BCUT2D eigenvalue weighted by Gasteiger charge is 2.21. The van der Waals surface area contributed by atoms with Crippen LogP contribution in [0.1, 0.15) is 32.6 Å². The molecular weight excluding hydrogens is 128 g/mol. The van der Waals surface area contributed by atoms with E-state index in [0.29, 0.717) is 5.92 Å². The lowest BCUT2D eigenvalue weighted by molar-refractivity contribution is 0.0157. The van der Waals surface area contributed by atoms with E-state index in [-0.39, 0.29) is 0 Å². The second kappa shape index (κ2) is 3.35. The van der Waals surface area contributed by atoms with Crippen LogP contribution in [0.25, 0.3) is 0 Å². The molecule has 0 aliphatic heterocycles. The van der Waals surface area contributed by atoms with Gasteiger partial charge >= 0.3 is 0 Å². The Labute approximate surface area is 61.9 Å². The molecule has 1 fully saturated rings. The molecule has 1 aliphatic rings. The van der Waals surface area contributed by atoms with Crippen molar-refractivity contribution in [2.24, 2.45) is 5.92 Å². The maximum Gasteiger partial charge on any atom is 0.0799 e. The minimum Gasteiger partial charge on any atom is -0.390 e. The Hall–Kier alpha value is -0.0800. The highest BCUT2D eigenvalue weighted by atomic mass is 16.3. The Bertz CT molecular complexity index is 91.4. The quantitative estimate of drug-likeness (QED) is 0.496. The lowest BCUT2D eigenvalue weighted by atomic mass is 10.0. The summed E-state index contributed by atoms with van der Waals surface area (Å²) in [5.41, 5.74) is 0. The van der Waals surface area contributed by atoms with Crippen molar-refractivity contribution in [3.63, 3.8) is 0 Å². The summed E-state index contributed by atoms with van der Waals surface area (Å²) in [6, 6.07) is 0. The minimum absolute atomic E-state index is 0.468. The van der Waals surface area contributed by atoms with Crippen molar-refractivity contribution in [1.29, 1.82) is 0 Å². The molecule has 0 amide bonds. The minimum atomic E-state index is -0.468. The Morgan fingerprint density at radius 2 is 1.30 bits per heavy atom. The molecule has 0 aromatic carbocycles. The largest absolute Gasteiger partial charge is 0.390 e. The molecular formula is C8H16O2. The van der Waals surface area contributed by atoms with Gasteiger partial charge in [0.2, 0.25) is 0 Å². The molecule has 0 aromatic heterocycles. The summed E-state index contributed by atoms with van der Waals surface area (Å²) < 4.78 is 0. The first-order valence-corrected chi connectivity index (χ1v) is 4.06. The van der Waals surface area contributed by atoms with Crippen LogP contribution in [0.3, 0.4) is 0 Å². The molecule has 1 rings (SSSR count). The number of rotatable bonds is 0. The standard InChI is InChI=1S/C8H16O2/c1-6-2-4-7(9)8(10)5-3-6/h6-10H,2-5H2,1H3/t6-,7+,8-. The summed E-state index contributed by atoms with van der Waals surface area (Å²) in [5, 5.41) is 18.5. The molecule has 2 N–H and O–H groups in total. The number of aliphatic hydroxyl groups excluding tert-OH is 2. The van der Waals surface area contributed by atoms with Crippen molar-refractivity contribution in [1.82, 2.24) is 0 Å². The highest BCUT2D eigenvalue weighted by molar-refractivity contribution is 4.73. The van der Waals surface area contributed by atoms with Crippen LogP contribution in [-0.4, -0.2) is 22.4 Å². The van der Waals surface area contributed by atoms with Gasteiger partial charge in [-0.25, -0.2) is 0 Å². The van der Waals surface area contributed by atoms with E-state index < -0.39 is 12.2 Å². The van der Waals surface area contributed by atoms with Crippen molar-refractivity contribution in [3.05, 3.63) is 0 Å². The van der Waals surface area contributed by atoms with Crippen molar-refractivity contribution in [2.75, 3.05) is 0 Å². The lowest BCUT2D eigenvalue weighted by Gasteiger charge is -2.12. The van der Waals surface area contributed by atoms with Crippen LogP contribution in [0.4, 0.5) is 0 Å². The summed E-state index contributed by atoms with van der Waals surface area (Å²) in [6.07, 6.45) is 2.70. The molecule has 1 aliphatic carbocycles. The second-order valence-electron chi connectivity index (χ2n) is 3.39. The number of aliphatic hydroxyl groups is 2. The van der Waals surface area contributed by atoms with Crippen LogP contribution in [0.5, 0.6) is 0 Å². The average molecular weight is 144 g/mol. The van der Waals surface area contributed by atoms with E-state index >= 15 is 0 Å². The maximum atomic E-state index is 9.23. The van der Waals surface area contributed by atoms with E-state index in [0.717, 1.165) is 25.7 Å². The molecule has 1 saturated carbocycles. The zero-order chi connectivity index (χ0) is 7.56. The molecule has 2 heteroatoms. The fraction of sp³-hybridized carbons (Fsp3) is 1.00. The van der Waals surface area contributed by atoms with Crippen molar-refractivity contribution in [3.8, 4) is 0 Å². The van der Waals surface area contributed by atoms with Gasteiger partial charge < -0.3 is 10.2 Å². The van der Waals surface area contributed by atoms with Crippen LogP contribution in [0.2, 0.25) is 0 Å². The molecule has 60 valence electrons. The van der Waals surface area contributed by atoms with Gasteiger partial charge in [-0.1, -0.05) is 6.92 Å². The van der Waals surface area contributed by atoms with Gasteiger partial charge in [-0.3, -0.25) is 0 Å². The molecule has 0 radical (unpaired) electrons. The van der Waals surface area contributed by atoms with Gasteiger partial charge in [-0.15, -0.1) is 0 Å². The van der Waals surface area contributed by atoms with E-state index in [9.17, 15) is 10.2 Å². The monoisotopic (exact) mass is 144 g/mol. The van der Waals surface area contributed by atoms with E-state index in [1.807, 2.05) is 0 Å². The normalized spacial score (nSPS) is 42.9. The molecule has 0 unspecified atom stereocenters. The van der Waals surface area contributed by atoms with E-state index in [1.165, 1.54) is 0 Å². The van der Waals surface area contributed by atoms with E-state index in [4.69, 9.17) is 0 Å². The van der Waals surface area contributed by atoms with E-state index in [1.54, 1.807) is 0 Å². The van der Waals surface area contributed by atoms with Crippen LogP contribution in [-0.2, 0) is 0 Å². The molecule has 0 saturated heterocycles. The average Bonchev–Trinajstić information content (AvgIpc) is 2.04. The highest BCUT2D eigenvalue weighted by Crippen LogP contribution is 2.22. The topological polar surface area (TPSA) is 40.5 Å². The van der Waals surface area contributed by atoms with Gasteiger partial charge in [0.1, 0.15) is 0 Å². The molecule has 0 bridgehead atoms. The van der Waals surface area contributed by atoms with Gasteiger partial charge in [-0.05, 0) is 31.6 Å². The van der Waals surface area contributed by atoms with Crippen molar-refractivity contribution >= 4 is 0 Å². The molecule has 2 nitrogen and oxygen atoms in total. The molecule has 10 heavy (non-hydrogen) atoms. The predicted molar refractivity (Wildman–Crippen MR) is 39.6 cm³/mol. The van der Waals surface area contributed by atoms with Crippen molar-refractivity contribution in [2.45, 2.75) is 44.8 Å². The fourth-order valence-electron chi connectivity index (χ4n) is 1.44. The molecule has 0 aromatic rings. The van der Waals surface area contributed by atoms with Crippen LogP contribution < -0.4 is 0 Å². The van der Waals surface area contributed by atoms with Gasteiger partial charge in [0, 0.05) is 0 Å². The first kappa shape index (κ1) is 8.02. The van der Waals surface area contributed by atoms with Gasteiger partial charge in [0.15, 0.2) is 0 Å². The summed E-state index contributed by atoms with van der Waals surface area (Å²) in [4.78, 5) is 0. The molecule has 0 heterocycles. The fourth-order valence-corrected chi connectivity index (χ4v) is 1.44. The third-order valence-corrected chi connectivity index (χ3v) is 2.35. The zero-order valence-electron chi connectivity index (χ0n) is 6.45.